The fourth-order valence-electron chi connectivity index (χ4n) is 2.12. The van der Waals surface area contributed by atoms with Crippen molar-refractivity contribution in [2.45, 2.75) is 37.0 Å². The summed E-state index contributed by atoms with van der Waals surface area (Å²) in [5.41, 5.74) is 2.33. The highest BCUT2D eigenvalue weighted by Gasteiger charge is 2.17. The van der Waals surface area contributed by atoms with Gasteiger partial charge in [0.2, 0.25) is 5.91 Å². The predicted octanol–water partition coefficient (Wildman–Crippen LogP) is 4.84. The second kappa shape index (κ2) is 8.25. The van der Waals surface area contributed by atoms with Crippen LogP contribution in [-0.4, -0.2) is 11.2 Å². The number of halogens is 1. The average molecular weight is 334 g/mol. The minimum Gasteiger partial charge on any atom is -0.351 e. The molecule has 0 saturated carbocycles. The van der Waals surface area contributed by atoms with Gasteiger partial charge < -0.3 is 5.32 Å². The molecule has 22 heavy (non-hydrogen) atoms. The Morgan fingerprint density at radius 3 is 2.59 bits per heavy atom. The maximum atomic E-state index is 12.3. The van der Waals surface area contributed by atoms with Gasteiger partial charge in [0.1, 0.15) is 0 Å². The van der Waals surface area contributed by atoms with E-state index in [0.717, 1.165) is 16.9 Å². The molecule has 0 aliphatic heterocycles. The van der Waals surface area contributed by atoms with E-state index in [2.05, 4.69) is 24.4 Å². The highest BCUT2D eigenvalue weighted by atomic mass is 35.5. The first-order valence-corrected chi connectivity index (χ1v) is 8.59. The number of aryl methyl sites for hydroxylation is 1. The molecule has 116 valence electrons. The van der Waals surface area contributed by atoms with E-state index in [1.54, 1.807) is 11.8 Å². The normalized spacial score (nSPS) is 12.0. The van der Waals surface area contributed by atoms with Crippen molar-refractivity contribution in [3.05, 3.63) is 64.7 Å². The molecule has 0 radical (unpaired) electrons. The van der Waals surface area contributed by atoms with Gasteiger partial charge in [-0.2, -0.15) is 0 Å². The molecule has 0 bridgehead atoms. The molecule has 0 heterocycles. The zero-order valence-corrected chi connectivity index (χ0v) is 14.4. The molecule has 2 rings (SSSR count). The van der Waals surface area contributed by atoms with Crippen molar-refractivity contribution in [3.8, 4) is 0 Å². The Bertz CT molecular complexity index is 627. The minimum absolute atomic E-state index is 0.0731. The number of rotatable bonds is 6. The van der Waals surface area contributed by atoms with Crippen molar-refractivity contribution in [2.24, 2.45) is 0 Å². The lowest BCUT2D eigenvalue weighted by atomic mass is 10.1. The lowest BCUT2D eigenvalue weighted by Crippen LogP contribution is -2.31. The monoisotopic (exact) mass is 333 g/mol. The lowest BCUT2D eigenvalue weighted by molar-refractivity contribution is -0.120. The molecule has 0 aliphatic carbocycles. The van der Waals surface area contributed by atoms with Crippen LogP contribution in [0.1, 0.15) is 24.5 Å². The first-order valence-electron chi connectivity index (χ1n) is 7.34. The zero-order chi connectivity index (χ0) is 15.9. The summed E-state index contributed by atoms with van der Waals surface area (Å²) in [6.45, 7) is 4.65. The standard InChI is InChI=1S/C18H20ClNOS/c1-3-17(22-16-9-7-15(19)8-10-16)18(21)20-12-14-6-4-5-13(2)11-14/h4-11,17H,3,12H2,1-2H3,(H,20,21). The van der Waals surface area contributed by atoms with Gasteiger partial charge in [-0.3, -0.25) is 4.79 Å². The number of hydrogen-bond acceptors (Lipinski definition) is 2. The molecule has 1 unspecified atom stereocenters. The molecule has 1 atom stereocenters. The molecule has 2 aromatic rings. The second-order valence-electron chi connectivity index (χ2n) is 5.18. The topological polar surface area (TPSA) is 29.1 Å². The minimum atomic E-state index is -0.0917. The van der Waals surface area contributed by atoms with Crippen LogP contribution < -0.4 is 5.32 Å². The summed E-state index contributed by atoms with van der Waals surface area (Å²) < 4.78 is 0. The van der Waals surface area contributed by atoms with E-state index in [4.69, 9.17) is 11.6 Å². The van der Waals surface area contributed by atoms with Crippen molar-refractivity contribution < 1.29 is 4.79 Å². The summed E-state index contributed by atoms with van der Waals surface area (Å²) in [5, 5.41) is 3.64. The molecule has 2 aromatic carbocycles. The molecule has 2 nitrogen and oxygen atoms in total. The van der Waals surface area contributed by atoms with Crippen LogP contribution in [0, 0.1) is 6.92 Å². The number of hydrogen-bond donors (Lipinski definition) is 1. The fraction of sp³-hybridized carbons (Fsp3) is 0.278. The molecular weight excluding hydrogens is 314 g/mol. The summed E-state index contributed by atoms with van der Waals surface area (Å²) in [7, 11) is 0. The average Bonchev–Trinajstić information content (AvgIpc) is 2.52. The largest absolute Gasteiger partial charge is 0.351 e. The maximum Gasteiger partial charge on any atom is 0.233 e. The van der Waals surface area contributed by atoms with Crippen LogP contribution in [-0.2, 0) is 11.3 Å². The Kier molecular flexibility index (Phi) is 6.34. The summed E-state index contributed by atoms with van der Waals surface area (Å²) in [5.74, 6) is 0.0731. The molecule has 0 spiro atoms. The third-order valence-electron chi connectivity index (χ3n) is 3.30. The van der Waals surface area contributed by atoms with E-state index < -0.39 is 0 Å². The third-order valence-corrected chi connectivity index (χ3v) is 4.93. The molecule has 4 heteroatoms. The van der Waals surface area contributed by atoms with Gasteiger partial charge in [0.05, 0.1) is 5.25 Å². The summed E-state index contributed by atoms with van der Waals surface area (Å²) in [6, 6.07) is 15.8. The van der Waals surface area contributed by atoms with Crippen molar-refractivity contribution in [1.82, 2.24) is 5.32 Å². The second-order valence-corrected chi connectivity index (χ2v) is 6.89. The Morgan fingerprint density at radius 2 is 1.95 bits per heavy atom. The van der Waals surface area contributed by atoms with Crippen LogP contribution in [0.5, 0.6) is 0 Å². The molecule has 1 amide bonds. The SMILES string of the molecule is CCC(Sc1ccc(Cl)cc1)C(=O)NCc1cccc(C)c1. The lowest BCUT2D eigenvalue weighted by Gasteiger charge is -2.15. The van der Waals surface area contributed by atoms with Gasteiger partial charge in [-0.15, -0.1) is 11.8 Å². The van der Waals surface area contributed by atoms with Gasteiger partial charge in [0.25, 0.3) is 0 Å². The van der Waals surface area contributed by atoms with Gasteiger partial charge in [-0.1, -0.05) is 48.4 Å². The van der Waals surface area contributed by atoms with Crippen molar-refractivity contribution >= 4 is 29.3 Å². The van der Waals surface area contributed by atoms with Crippen LogP contribution in [0.4, 0.5) is 0 Å². The van der Waals surface area contributed by atoms with Crippen LogP contribution in [0.2, 0.25) is 5.02 Å². The zero-order valence-electron chi connectivity index (χ0n) is 12.8. The fourth-order valence-corrected chi connectivity index (χ4v) is 3.23. The number of carbonyl (C=O) groups excluding carboxylic acids is 1. The Balaban J connectivity index is 1.92. The number of benzene rings is 2. The van der Waals surface area contributed by atoms with Crippen LogP contribution in [0.25, 0.3) is 0 Å². The summed E-state index contributed by atoms with van der Waals surface area (Å²) >= 11 is 7.46. The molecule has 1 N–H and O–H groups in total. The summed E-state index contributed by atoms with van der Waals surface area (Å²) in [6.07, 6.45) is 0.785. The Labute approximate surface area is 141 Å². The van der Waals surface area contributed by atoms with Crippen LogP contribution >= 0.6 is 23.4 Å². The van der Waals surface area contributed by atoms with E-state index >= 15 is 0 Å². The third kappa shape index (κ3) is 5.08. The number of nitrogens with one attached hydrogen (secondary N) is 1. The molecule has 0 aliphatic rings. The molecule has 0 fully saturated rings. The van der Waals surface area contributed by atoms with E-state index in [9.17, 15) is 4.79 Å². The van der Waals surface area contributed by atoms with Crippen LogP contribution in [0.15, 0.2) is 53.4 Å². The van der Waals surface area contributed by atoms with Gasteiger partial charge in [0.15, 0.2) is 0 Å². The van der Waals surface area contributed by atoms with Gasteiger partial charge in [-0.25, -0.2) is 0 Å². The highest BCUT2D eigenvalue weighted by molar-refractivity contribution is 8.00. The quantitative estimate of drug-likeness (QED) is 0.767. The molecular formula is C18H20ClNOS. The van der Waals surface area contributed by atoms with Crippen molar-refractivity contribution in [3.63, 3.8) is 0 Å². The van der Waals surface area contributed by atoms with Crippen molar-refractivity contribution in [2.75, 3.05) is 0 Å². The maximum absolute atomic E-state index is 12.3. The molecule has 0 aromatic heterocycles. The highest BCUT2D eigenvalue weighted by Crippen LogP contribution is 2.26. The van der Waals surface area contributed by atoms with E-state index in [1.165, 1.54) is 5.56 Å². The van der Waals surface area contributed by atoms with Crippen LogP contribution in [0.3, 0.4) is 0 Å². The van der Waals surface area contributed by atoms with Gasteiger partial charge >= 0.3 is 0 Å². The van der Waals surface area contributed by atoms with E-state index in [-0.39, 0.29) is 11.2 Å². The first-order chi connectivity index (χ1) is 10.6. The van der Waals surface area contributed by atoms with E-state index in [1.807, 2.05) is 43.3 Å². The number of thioether (sulfide) groups is 1. The first kappa shape index (κ1) is 16.9. The van der Waals surface area contributed by atoms with Crippen molar-refractivity contribution in [1.29, 1.82) is 0 Å². The Morgan fingerprint density at radius 1 is 1.23 bits per heavy atom. The number of carbonyl (C=O) groups is 1. The summed E-state index contributed by atoms with van der Waals surface area (Å²) in [4.78, 5) is 13.4. The van der Waals surface area contributed by atoms with E-state index in [0.29, 0.717) is 11.6 Å². The smallest absolute Gasteiger partial charge is 0.233 e. The van der Waals surface area contributed by atoms with Gasteiger partial charge in [-0.05, 0) is 43.2 Å². The predicted molar refractivity (Wildman–Crippen MR) is 94.4 cm³/mol. The Hall–Kier alpha value is -1.45. The number of amides is 1. The van der Waals surface area contributed by atoms with Gasteiger partial charge in [0, 0.05) is 16.5 Å². The molecule has 0 saturated heterocycles.